The number of carbonyl (C=O) groups excluding carboxylic acids is 2. The van der Waals surface area contributed by atoms with Crippen molar-refractivity contribution in [3.8, 4) is 0 Å². The summed E-state index contributed by atoms with van der Waals surface area (Å²) in [5, 5.41) is 15.8. The van der Waals surface area contributed by atoms with E-state index in [9.17, 15) is 19.5 Å². The molecule has 0 bridgehead atoms. The Hall–Kier alpha value is -2.67. The van der Waals surface area contributed by atoms with Gasteiger partial charge in [0.25, 0.3) is 5.91 Å². The Balaban J connectivity index is 1.80. The van der Waals surface area contributed by atoms with Crippen LogP contribution in [0.2, 0.25) is 0 Å². The van der Waals surface area contributed by atoms with E-state index in [4.69, 9.17) is 0 Å². The van der Waals surface area contributed by atoms with Crippen LogP contribution in [0.3, 0.4) is 0 Å². The van der Waals surface area contributed by atoms with Crippen molar-refractivity contribution < 1.29 is 19.5 Å². The summed E-state index contributed by atoms with van der Waals surface area (Å²) in [7, 11) is 0. The number of hydrogen-bond donors (Lipinski definition) is 3. The molecule has 1 aliphatic carbocycles. The van der Waals surface area contributed by atoms with E-state index in [1.165, 1.54) is 11.3 Å². The van der Waals surface area contributed by atoms with Crippen molar-refractivity contribution in [3.05, 3.63) is 51.9 Å². The third kappa shape index (κ3) is 4.90. The van der Waals surface area contributed by atoms with Gasteiger partial charge in [-0.3, -0.25) is 14.4 Å². The lowest BCUT2D eigenvalue weighted by molar-refractivity contribution is -0.147. The predicted molar refractivity (Wildman–Crippen MR) is 118 cm³/mol. The maximum Gasteiger partial charge on any atom is 0.307 e. The number of nitrogens with one attached hydrogen (secondary N) is 2. The van der Waals surface area contributed by atoms with Crippen LogP contribution < -0.4 is 10.6 Å². The number of rotatable bonds is 7. The molecule has 0 saturated heterocycles. The Labute approximate surface area is 180 Å². The lowest BCUT2D eigenvalue weighted by Crippen LogP contribution is -2.36. The molecule has 0 spiro atoms. The van der Waals surface area contributed by atoms with E-state index in [1.54, 1.807) is 0 Å². The topological polar surface area (TPSA) is 95.5 Å². The molecule has 1 aromatic heterocycles. The Bertz CT molecular complexity index is 923. The molecule has 1 saturated carbocycles. The molecule has 30 heavy (non-hydrogen) atoms. The normalized spacial score (nSPS) is 18.6. The summed E-state index contributed by atoms with van der Waals surface area (Å²) >= 11 is 1.38. The number of thiophene rings is 1. The van der Waals surface area contributed by atoms with Crippen LogP contribution in [0.5, 0.6) is 0 Å². The van der Waals surface area contributed by atoms with Crippen LogP contribution in [0.25, 0.3) is 0 Å². The van der Waals surface area contributed by atoms with Gasteiger partial charge in [0, 0.05) is 11.4 Å². The first-order valence-corrected chi connectivity index (χ1v) is 11.2. The van der Waals surface area contributed by atoms with Crippen LogP contribution in [0.1, 0.15) is 59.0 Å². The number of aliphatic carboxylic acids is 1. The van der Waals surface area contributed by atoms with E-state index >= 15 is 0 Å². The van der Waals surface area contributed by atoms with Crippen molar-refractivity contribution >= 4 is 34.1 Å². The number of aryl methyl sites for hydroxylation is 1. The SMILES string of the molecule is CCc1c(C)sc(NC(=O)[C@H]2CCCC[C@H]2C(=O)O)c1C(=O)NCc1ccccc1. The van der Waals surface area contributed by atoms with E-state index in [0.717, 1.165) is 28.8 Å². The van der Waals surface area contributed by atoms with Gasteiger partial charge >= 0.3 is 5.97 Å². The molecule has 3 rings (SSSR count). The largest absolute Gasteiger partial charge is 0.481 e. The second-order valence-corrected chi connectivity index (χ2v) is 8.91. The maximum absolute atomic E-state index is 13.0. The molecule has 2 atom stereocenters. The first kappa shape index (κ1) is 22.0. The van der Waals surface area contributed by atoms with Gasteiger partial charge in [-0.25, -0.2) is 0 Å². The number of anilines is 1. The fourth-order valence-corrected chi connectivity index (χ4v) is 5.29. The molecule has 3 N–H and O–H groups in total. The van der Waals surface area contributed by atoms with Gasteiger partial charge in [-0.2, -0.15) is 0 Å². The smallest absolute Gasteiger partial charge is 0.307 e. The first-order valence-electron chi connectivity index (χ1n) is 10.4. The minimum absolute atomic E-state index is 0.228. The number of carboxylic acids is 1. The van der Waals surface area contributed by atoms with Crippen LogP contribution in [-0.4, -0.2) is 22.9 Å². The summed E-state index contributed by atoms with van der Waals surface area (Å²) in [6.07, 6.45) is 3.42. The van der Waals surface area contributed by atoms with E-state index < -0.39 is 17.8 Å². The second-order valence-electron chi connectivity index (χ2n) is 7.69. The lowest BCUT2D eigenvalue weighted by atomic mass is 9.79. The number of hydrogen-bond acceptors (Lipinski definition) is 4. The summed E-state index contributed by atoms with van der Waals surface area (Å²) in [5.41, 5.74) is 2.40. The number of carboxylic acid groups (broad SMARTS) is 1. The Kier molecular flexibility index (Phi) is 7.26. The van der Waals surface area contributed by atoms with E-state index in [0.29, 0.717) is 36.4 Å². The molecule has 7 heteroatoms. The van der Waals surface area contributed by atoms with Crippen LogP contribution in [0, 0.1) is 18.8 Å². The quantitative estimate of drug-likeness (QED) is 0.610. The van der Waals surface area contributed by atoms with E-state index in [1.807, 2.05) is 44.2 Å². The van der Waals surface area contributed by atoms with E-state index in [2.05, 4.69) is 10.6 Å². The third-order valence-electron chi connectivity index (χ3n) is 5.74. The summed E-state index contributed by atoms with van der Waals surface area (Å²) in [5.74, 6) is -2.69. The zero-order valence-electron chi connectivity index (χ0n) is 17.4. The van der Waals surface area contributed by atoms with Gasteiger partial charge in [0.15, 0.2) is 0 Å². The number of amides is 2. The van der Waals surface area contributed by atoms with Gasteiger partial charge in [0.2, 0.25) is 5.91 Å². The number of benzene rings is 1. The van der Waals surface area contributed by atoms with Gasteiger partial charge in [-0.05, 0) is 37.3 Å². The van der Waals surface area contributed by atoms with Crippen molar-refractivity contribution in [2.45, 2.75) is 52.5 Å². The molecule has 0 aliphatic heterocycles. The molecular weight excluding hydrogens is 400 g/mol. The highest BCUT2D eigenvalue weighted by molar-refractivity contribution is 7.16. The first-order chi connectivity index (χ1) is 14.4. The Morgan fingerprint density at radius 1 is 1.10 bits per heavy atom. The summed E-state index contributed by atoms with van der Waals surface area (Å²) in [6.45, 7) is 4.32. The van der Waals surface area contributed by atoms with Crippen molar-refractivity contribution in [1.82, 2.24) is 5.32 Å². The second kappa shape index (κ2) is 9.89. The summed E-state index contributed by atoms with van der Waals surface area (Å²) in [6, 6.07) is 9.65. The van der Waals surface area contributed by atoms with Crippen LogP contribution in [-0.2, 0) is 22.6 Å². The van der Waals surface area contributed by atoms with Crippen LogP contribution in [0.15, 0.2) is 30.3 Å². The minimum Gasteiger partial charge on any atom is -0.481 e. The Morgan fingerprint density at radius 2 is 1.77 bits per heavy atom. The highest BCUT2D eigenvalue weighted by atomic mass is 32.1. The van der Waals surface area contributed by atoms with Crippen molar-refractivity contribution in [2.24, 2.45) is 11.8 Å². The molecule has 2 amide bonds. The molecule has 1 aromatic carbocycles. The molecule has 1 aliphatic rings. The number of carbonyl (C=O) groups is 3. The van der Waals surface area contributed by atoms with Gasteiger partial charge in [-0.15, -0.1) is 11.3 Å². The zero-order chi connectivity index (χ0) is 21.7. The molecule has 6 nitrogen and oxygen atoms in total. The molecule has 160 valence electrons. The average molecular weight is 429 g/mol. The van der Waals surface area contributed by atoms with Gasteiger partial charge in [0.1, 0.15) is 5.00 Å². The monoisotopic (exact) mass is 428 g/mol. The van der Waals surface area contributed by atoms with E-state index in [-0.39, 0.29) is 11.8 Å². The van der Waals surface area contributed by atoms with Gasteiger partial charge in [0.05, 0.1) is 17.4 Å². The molecule has 0 radical (unpaired) electrons. The zero-order valence-corrected chi connectivity index (χ0v) is 18.2. The van der Waals surface area contributed by atoms with Crippen LogP contribution >= 0.6 is 11.3 Å². The molecular formula is C23H28N2O4S. The molecule has 2 aromatic rings. The predicted octanol–water partition coefficient (Wildman–Crippen LogP) is 4.38. The van der Waals surface area contributed by atoms with Gasteiger partial charge in [-0.1, -0.05) is 50.1 Å². The van der Waals surface area contributed by atoms with Crippen LogP contribution in [0.4, 0.5) is 5.00 Å². The average Bonchev–Trinajstić information content (AvgIpc) is 3.07. The molecule has 0 unspecified atom stereocenters. The highest BCUT2D eigenvalue weighted by Crippen LogP contribution is 2.36. The molecule has 1 heterocycles. The summed E-state index contributed by atoms with van der Waals surface area (Å²) in [4.78, 5) is 38.5. The lowest BCUT2D eigenvalue weighted by Gasteiger charge is -2.27. The van der Waals surface area contributed by atoms with Gasteiger partial charge < -0.3 is 15.7 Å². The third-order valence-corrected chi connectivity index (χ3v) is 6.81. The highest BCUT2D eigenvalue weighted by Gasteiger charge is 2.36. The van der Waals surface area contributed by atoms with Crippen molar-refractivity contribution in [3.63, 3.8) is 0 Å². The Morgan fingerprint density at radius 3 is 2.40 bits per heavy atom. The van der Waals surface area contributed by atoms with Crippen molar-refractivity contribution in [1.29, 1.82) is 0 Å². The fourth-order valence-electron chi connectivity index (χ4n) is 4.14. The maximum atomic E-state index is 13.0. The minimum atomic E-state index is -0.924. The fraction of sp³-hybridized carbons (Fsp3) is 0.435. The summed E-state index contributed by atoms with van der Waals surface area (Å²) < 4.78 is 0. The molecule has 1 fully saturated rings. The van der Waals surface area contributed by atoms with Crippen molar-refractivity contribution in [2.75, 3.05) is 5.32 Å². The standard InChI is InChI=1S/C23H28N2O4S/c1-3-16-14(2)30-22(19(16)21(27)24-13-15-9-5-4-6-10-15)25-20(26)17-11-7-8-12-18(17)23(28)29/h4-6,9-10,17-18H,3,7-8,11-13H2,1-2H3,(H,24,27)(H,25,26)(H,28,29)/t17-,18+/m0/s1.